The normalized spacial score (nSPS) is 12.7. The number of hydrogen-bond donors (Lipinski definition) is 0. The number of benzene rings is 1. The summed E-state index contributed by atoms with van der Waals surface area (Å²) in [7, 11) is 2.06. The van der Waals surface area contributed by atoms with Gasteiger partial charge in [0, 0.05) is 50.6 Å². The van der Waals surface area contributed by atoms with E-state index >= 15 is 0 Å². The van der Waals surface area contributed by atoms with Crippen molar-refractivity contribution in [2.75, 3.05) is 38.4 Å². The number of anilines is 1. The Balaban J connectivity index is 1.27. The highest BCUT2D eigenvalue weighted by molar-refractivity contribution is 7.09. The van der Waals surface area contributed by atoms with Gasteiger partial charge in [0.25, 0.3) is 0 Å². The zero-order valence-corrected chi connectivity index (χ0v) is 16.9. The third-order valence-electron chi connectivity index (χ3n) is 4.72. The van der Waals surface area contributed by atoms with Crippen molar-refractivity contribution in [3.8, 4) is 17.4 Å². The molecule has 0 unspecified atom stereocenters. The molecule has 1 aliphatic heterocycles. The lowest BCUT2D eigenvalue weighted by molar-refractivity contribution is 0.174. The average Bonchev–Trinajstić information content (AvgIpc) is 3.47. The summed E-state index contributed by atoms with van der Waals surface area (Å²) < 4.78 is 17.1. The van der Waals surface area contributed by atoms with Crippen molar-refractivity contribution in [2.45, 2.75) is 19.9 Å². The van der Waals surface area contributed by atoms with Crippen molar-refractivity contribution in [1.82, 2.24) is 23.8 Å². The van der Waals surface area contributed by atoms with E-state index in [1.54, 1.807) is 12.5 Å². The largest absolute Gasteiger partial charge is 0.454 e. The lowest BCUT2D eigenvalue weighted by Gasteiger charge is -2.22. The third kappa shape index (κ3) is 4.26. The second-order valence-corrected chi connectivity index (χ2v) is 7.41. The number of ether oxygens (including phenoxy) is 2. The van der Waals surface area contributed by atoms with E-state index in [1.165, 1.54) is 17.1 Å². The predicted molar refractivity (Wildman–Crippen MR) is 108 cm³/mol. The molecule has 2 aromatic heterocycles. The molecule has 4 rings (SSSR count). The maximum atomic E-state index is 5.48. The van der Waals surface area contributed by atoms with E-state index < -0.39 is 0 Å². The van der Waals surface area contributed by atoms with Crippen LogP contribution in [0.4, 0.5) is 5.13 Å². The predicted octanol–water partition coefficient (Wildman–Crippen LogP) is 2.80. The Labute approximate surface area is 168 Å². The Morgan fingerprint density at radius 1 is 1.21 bits per heavy atom. The molecule has 3 aromatic rings. The van der Waals surface area contributed by atoms with E-state index in [0.717, 1.165) is 49.2 Å². The third-order valence-corrected chi connectivity index (χ3v) is 5.55. The van der Waals surface area contributed by atoms with E-state index in [1.807, 2.05) is 16.8 Å². The van der Waals surface area contributed by atoms with Gasteiger partial charge in [0.1, 0.15) is 6.33 Å². The number of fused-ring (bicyclic) bond motifs is 1. The van der Waals surface area contributed by atoms with Crippen LogP contribution in [0.3, 0.4) is 0 Å². The van der Waals surface area contributed by atoms with Crippen LogP contribution in [0.2, 0.25) is 0 Å². The molecule has 1 aromatic carbocycles. The highest BCUT2D eigenvalue weighted by atomic mass is 32.1. The van der Waals surface area contributed by atoms with Gasteiger partial charge in [-0.25, -0.2) is 4.98 Å². The van der Waals surface area contributed by atoms with Gasteiger partial charge in [-0.3, -0.25) is 9.47 Å². The van der Waals surface area contributed by atoms with Crippen molar-refractivity contribution >= 4 is 16.7 Å². The standard InChI is InChI=1S/C19H24N6O2S/c1-3-24(12-15-5-6-16-17(11-15)27-14-26-16)9-4-8-23(2)19-21-18(22-28-19)25-10-7-20-13-25/h5-7,10-11,13H,3-4,8-9,12,14H2,1-2H3. The molecule has 0 atom stereocenters. The molecule has 0 radical (unpaired) electrons. The van der Waals surface area contributed by atoms with Crippen molar-refractivity contribution < 1.29 is 9.47 Å². The van der Waals surface area contributed by atoms with Crippen molar-refractivity contribution in [2.24, 2.45) is 0 Å². The topological polar surface area (TPSA) is 68.5 Å². The molecule has 9 heteroatoms. The van der Waals surface area contributed by atoms with Gasteiger partial charge < -0.3 is 14.4 Å². The van der Waals surface area contributed by atoms with E-state index in [9.17, 15) is 0 Å². The van der Waals surface area contributed by atoms with Crippen LogP contribution in [0.15, 0.2) is 36.9 Å². The molecule has 0 amide bonds. The molecule has 0 spiro atoms. The zero-order chi connectivity index (χ0) is 19.3. The van der Waals surface area contributed by atoms with Gasteiger partial charge in [0.05, 0.1) is 0 Å². The molecule has 0 bridgehead atoms. The maximum Gasteiger partial charge on any atom is 0.248 e. The van der Waals surface area contributed by atoms with Gasteiger partial charge in [0.15, 0.2) is 11.5 Å². The van der Waals surface area contributed by atoms with Crippen LogP contribution in [-0.2, 0) is 6.54 Å². The minimum absolute atomic E-state index is 0.316. The summed E-state index contributed by atoms with van der Waals surface area (Å²) in [5, 5.41) is 0.919. The molecule has 0 fully saturated rings. The smallest absolute Gasteiger partial charge is 0.248 e. The molecular weight excluding hydrogens is 376 g/mol. The lowest BCUT2D eigenvalue weighted by Crippen LogP contribution is -2.28. The summed E-state index contributed by atoms with van der Waals surface area (Å²) in [5.74, 6) is 2.35. The molecule has 0 aliphatic carbocycles. The molecule has 8 nitrogen and oxygen atoms in total. The van der Waals surface area contributed by atoms with Crippen molar-refractivity contribution in [1.29, 1.82) is 0 Å². The molecule has 3 heterocycles. The molecule has 0 saturated carbocycles. The molecule has 0 N–H and O–H groups in total. The number of rotatable bonds is 9. The maximum absolute atomic E-state index is 5.48. The van der Waals surface area contributed by atoms with Crippen molar-refractivity contribution in [3.63, 3.8) is 0 Å². The van der Waals surface area contributed by atoms with E-state index in [2.05, 4.69) is 50.2 Å². The van der Waals surface area contributed by atoms with Crippen molar-refractivity contribution in [3.05, 3.63) is 42.5 Å². The minimum atomic E-state index is 0.316. The average molecular weight is 401 g/mol. The molecule has 0 saturated heterocycles. The zero-order valence-electron chi connectivity index (χ0n) is 16.1. The Morgan fingerprint density at radius 2 is 2.11 bits per heavy atom. The van der Waals surface area contributed by atoms with Crippen LogP contribution in [0.5, 0.6) is 11.5 Å². The van der Waals surface area contributed by atoms with E-state index in [4.69, 9.17) is 9.47 Å². The van der Waals surface area contributed by atoms with Crippen LogP contribution in [0, 0.1) is 0 Å². The Bertz CT molecular complexity index is 898. The highest BCUT2D eigenvalue weighted by Gasteiger charge is 2.15. The Morgan fingerprint density at radius 3 is 2.93 bits per heavy atom. The monoisotopic (exact) mass is 400 g/mol. The fourth-order valence-electron chi connectivity index (χ4n) is 3.12. The first-order valence-corrected chi connectivity index (χ1v) is 10.1. The van der Waals surface area contributed by atoms with E-state index in [-0.39, 0.29) is 0 Å². The summed E-state index contributed by atoms with van der Waals surface area (Å²) in [4.78, 5) is 13.2. The second kappa shape index (κ2) is 8.57. The van der Waals surface area contributed by atoms with E-state index in [0.29, 0.717) is 12.7 Å². The minimum Gasteiger partial charge on any atom is -0.454 e. The van der Waals surface area contributed by atoms with Gasteiger partial charge >= 0.3 is 0 Å². The van der Waals surface area contributed by atoms with Gasteiger partial charge in [-0.05, 0) is 30.7 Å². The number of imidazole rings is 1. The molecule has 148 valence electrons. The van der Waals surface area contributed by atoms with Gasteiger partial charge in [-0.2, -0.15) is 9.36 Å². The van der Waals surface area contributed by atoms with Crippen LogP contribution >= 0.6 is 11.5 Å². The highest BCUT2D eigenvalue weighted by Crippen LogP contribution is 2.32. The van der Waals surface area contributed by atoms with Gasteiger partial charge in [-0.15, -0.1) is 0 Å². The van der Waals surface area contributed by atoms with Crippen LogP contribution in [0.1, 0.15) is 18.9 Å². The summed E-state index contributed by atoms with van der Waals surface area (Å²) in [6.45, 7) is 6.36. The summed E-state index contributed by atoms with van der Waals surface area (Å²) in [6.07, 6.45) is 6.33. The first kappa shape index (κ1) is 18.7. The van der Waals surface area contributed by atoms with Crippen LogP contribution < -0.4 is 14.4 Å². The first-order valence-electron chi connectivity index (χ1n) is 9.37. The molecule has 28 heavy (non-hydrogen) atoms. The number of aromatic nitrogens is 4. The molecular formula is C19H24N6O2S. The number of nitrogens with zero attached hydrogens (tertiary/aromatic N) is 6. The Hall–Kier alpha value is -2.65. The van der Waals surface area contributed by atoms with Gasteiger partial charge in [-0.1, -0.05) is 13.0 Å². The SMILES string of the molecule is CCN(CCCN(C)c1nc(-n2ccnc2)ns1)Cc1ccc2c(c1)OCO2. The van der Waals surface area contributed by atoms with Crippen LogP contribution in [0.25, 0.3) is 5.95 Å². The summed E-state index contributed by atoms with van der Waals surface area (Å²) in [5.41, 5.74) is 1.24. The summed E-state index contributed by atoms with van der Waals surface area (Å²) in [6, 6.07) is 6.18. The first-order chi connectivity index (χ1) is 13.7. The van der Waals surface area contributed by atoms with Crippen LogP contribution in [-0.4, -0.2) is 57.3 Å². The number of hydrogen-bond acceptors (Lipinski definition) is 8. The van der Waals surface area contributed by atoms with Gasteiger partial charge in [0.2, 0.25) is 17.9 Å². The fraction of sp³-hybridized carbons (Fsp3) is 0.421. The second-order valence-electron chi connectivity index (χ2n) is 6.68. The fourth-order valence-corrected chi connectivity index (χ4v) is 3.77. The lowest BCUT2D eigenvalue weighted by atomic mass is 10.2. The molecule has 1 aliphatic rings. The Kier molecular flexibility index (Phi) is 5.73. The summed E-state index contributed by atoms with van der Waals surface area (Å²) >= 11 is 1.41. The quantitative estimate of drug-likeness (QED) is 0.547.